The summed E-state index contributed by atoms with van der Waals surface area (Å²) >= 11 is 0. The largest absolute Gasteiger partial charge is 0.472 e. The standard InChI is InChI=1S/C16H18N2O3/c19-16(14-5-9-21-11-14)18-15(12-3-7-20-8-4-12)13-2-1-6-17-10-13/h1-2,5-6,9-12,15H,3-4,7-8H2,(H,18,19)/t15-/m1/s1. The minimum atomic E-state index is -0.121. The molecule has 0 spiro atoms. The summed E-state index contributed by atoms with van der Waals surface area (Å²) < 4.78 is 10.4. The molecule has 21 heavy (non-hydrogen) atoms. The van der Waals surface area contributed by atoms with Gasteiger partial charge in [0.15, 0.2) is 0 Å². The highest BCUT2D eigenvalue weighted by molar-refractivity contribution is 5.94. The van der Waals surface area contributed by atoms with Crippen LogP contribution in [-0.2, 0) is 4.74 Å². The Hall–Kier alpha value is -2.14. The second-order valence-electron chi connectivity index (χ2n) is 5.20. The van der Waals surface area contributed by atoms with Crippen molar-refractivity contribution in [1.82, 2.24) is 10.3 Å². The van der Waals surface area contributed by atoms with Crippen molar-refractivity contribution in [2.75, 3.05) is 13.2 Å². The molecule has 1 N–H and O–H groups in total. The van der Waals surface area contributed by atoms with Crippen LogP contribution < -0.4 is 5.32 Å². The molecule has 3 heterocycles. The molecule has 1 saturated heterocycles. The van der Waals surface area contributed by atoms with Gasteiger partial charge in [0.05, 0.1) is 17.9 Å². The van der Waals surface area contributed by atoms with Crippen molar-refractivity contribution in [1.29, 1.82) is 0 Å². The number of hydrogen-bond acceptors (Lipinski definition) is 4. The maximum Gasteiger partial charge on any atom is 0.255 e. The van der Waals surface area contributed by atoms with Gasteiger partial charge in [-0.25, -0.2) is 0 Å². The van der Waals surface area contributed by atoms with Gasteiger partial charge in [0.2, 0.25) is 0 Å². The molecular weight excluding hydrogens is 268 g/mol. The second-order valence-corrected chi connectivity index (χ2v) is 5.20. The van der Waals surface area contributed by atoms with E-state index >= 15 is 0 Å². The van der Waals surface area contributed by atoms with Gasteiger partial charge in [-0.15, -0.1) is 0 Å². The van der Waals surface area contributed by atoms with E-state index in [1.807, 2.05) is 18.3 Å². The number of hydrogen-bond donors (Lipinski definition) is 1. The number of furan rings is 1. The second kappa shape index (κ2) is 6.54. The molecule has 0 unspecified atom stereocenters. The van der Waals surface area contributed by atoms with Crippen molar-refractivity contribution in [3.8, 4) is 0 Å². The fourth-order valence-electron chi connectivity index (χ4n) is 2.70. The van der Waals surface area contributed by atoms with Crippen LogP contribution in [0.15, 0.2) is 47.5 Å². The third kappa shape index (κ3) is 3.31. The summed E-state index contributed by atoms with van der Waals surface area (Å²) in [5, 5.41) is 3.11. The van der Waals surface area contributed by atoms with Crippen molar-refractivity contribution >= 4 is 5.91 Å². The molecule has 1 aliphatic rings. The lowest BCUT2D eigenvalue weighted by Crippen LogP contribution is -2.36. The van der Waals surface area contributed by atoms with Crippen molar-refractivity contribution < 1.29 is 13.9 Å². The lowest BCUT2D eigenvalue weighted by atomic mass is 9.87. The number of pyridine rings is 1. The van der Waals surface area contributed by atoms with Crippen molar-refractivity contribution in [2.45, 2.75) is 18.9 Å². The first-order valence-corrected chi connectivity index (χ1v) is 7.15. The fourth-order valence-corrected chi connectivity index (χ4v) is 2.70. The van der Waals surface area contributed by atoms with Gasteiger partial charge in [0.25, 0.3) is 5.91 Å². The zero-order valence-electron chi connectivity index (χ0n) is 11.7. The van der Waals surface area contributed by atoms with Gasteiger partial charge < -0.3 is 14.5 Å². The molecular formula is C16H18N2O3. The summed E-state index contributed by atoms with van der Waals surface area (Å²) in [6.07, 6.45) is 8.39. The number of rotatable bonds is 4. The first-order chi connectivity index (χ1) is 10.3. The summed E-state index contributed by atoms with van der Waals surface area (Å²) in [5.74, 6) is 0.239. The molecule has 1 amide bonds. The Bertz CT molecular complexity index is 562. The van der Waals surface area contributed by atoms with E-state index in [1.54, 1.807) is 12.3 Å². The van der Waals surface area contributed by atoms with E-state index in [4.69, 9.17) is 9.15 Å². The number of nitrogens with zero attached hydrogens (tertiary/aromatic N) is 1. The van der Waals surface area contributed by atoms with Gasteiger partial charge in [-0.05, 0) is 36.5 Å². The quantitative estimate of drug-likeness (QED) is 0.938. The van der Waals surface area contributed by atoms with E-state index in [1.165, 1.54) is 12.5 Å². The summed E-state index contributed by atoms with van der Waals surface area (Å²) in [6.45, 7) is 1.48. The Morgan fingerprint density at radius 3 is 2.86 bits per heavy atom. The van der Waals surface area contributed by atoms with Gasteiger partial charge in [0.1, 0.15) is 6.26 Å². The normalized spacial score (nSPS) is 17.3. The zero-order valence-corrected chi connectivity index (χ0v) is 11.7. The third-order valence-corrected chi connectivity index (χ3v) is 3.85. The molecule has 0 saturated carbocycles. The maximum atomic E-state index is 12.3. The minimum Gasteiger partial charge on any atom is -0.472 e. The number of amides is 1. The highest BCUT2D eigenvalue weighted by atomic mass is 16.5. The average Bonchev–Trinajstić information content (AvgIpc) is 3.09. The van der Waals surface area contributed by atoms with Gasteiger partial charge in [-0.2, -0.15) is 0 Å². The topological polar surface area (TPSA) is 64.4 Å². The minimum absolute atomic E-state index is 0.0509. The number of carbonyl (C=O) groups excluding carboxylic acids is 1. The molecule has 0 aliphatic carbocycles. The highest BCUT2D eigenvalue weighted by Crippen LogP contribution is 2.30. The summed E-state index contributed by atoms with van der Waals surface area (Å²) in [5.41, 5.74) is 1.57. The molecule has 1 aliphatic heterocycles. The Kier molecular flexibility index (Phi) is 4.31. The van der Waals surface area contributed by atoms with Crippen LogP contribution >= 0.6 is 0 Å². The van der Waals surface area contributed by atoms with Gasteiger partial charge in [-0.1, -0.05) is 6.07 Å². The first kappa shape index (κ1) is 13.8. The summed E-state index contributed by atoms with van der Waals surface area (Å²) in [4.78, 5) is 16.5. The molecule has 5 heteroatoms. The van der Waals surface area contributed by atoms with E-state index in [2.05, 4.69) is 10.3 Å². The van der Waals surface area contributed by atoms with E-state index in [0.717, 1.165) is 31.6 Å². The predicted molar refractivity (Wildman–Crippen MR) is 76.7 cm³/mol. The lowest BCUT2D eigenvalue weighted by molar-refractivity contribution is 0.0513. The number of aromatic nitrogens is 1. The highest BCUT2D eigenvalue weighted by Gasteiger charge is 2.27. The average molecular weight is 286 g/mol. The Balaban J connectivity index is 1.80. The number of carbonyl (C=O) groups is 1. The van der Waals surface area contributed by atoms with Crippen LogP contribution in [0.4, 0.5) is 0 Å². The monoisotopic (exact) mass is 286 g/mol. The van der Waals surface area contributed by atoms with Crippen LogP contribution in [0.3, 0.4) is 0 Å². The van der Waals surface area contributed by atoms with E-state index in [0.29, 0.717) is 11.5 Å². The number of nitrogens with one attached hydrogen (secondary N) is 1. The maximum absolute atomic E-state index is 12.3. The Labute approximate surface area is 123 Å². The van der Waals surface area contributed by atoms with E-state index < -0.39 is 0 Å². The van der Waals surface area contributed by atoms with Crippen molar-refractivity contribution in [3.63, 3.8) is 0 Å². The summed E-state index contributed by atoms with van der Waals surface area (Å²) in [6, 6.07) is 5.51. The fraction of sp³-hybridized carbons (Fsp3) is 0.375. The molecule has 5 nitrogen and oxygen atoms in total. The smallest absolute Gasteiger partial charge is 0.255 e. The zero-order chi connectivity index (χ0) is 14.5. The lowest BCUT2D eigenvalue weighted by Gasteiger charge is -2.31. The summed E-state index contributed by atoms with van der Waals surface area (Å²) in [7, 11) is 0. The van der Waals surface area contributed by atoms with Crippen LogP contribution in [0.2, 0.25) is 0 Å². The van der Waals surface area contributed by atoms with Crippen LogP contribution in [0.5, 0.6) is 0 Å². The molecule has 1 fully saturated rings. The molecule has 2 aromatic heterocycles. The SMILES string of the molecule is O=C(N[C@@H](c1cccnc1)C1CCOCC1)c1ccoc1. The predicted octanol–water partition coefficient (Wildman–Crippen LogP) is 2.57. The molecule has 3 rings (SSSR count). The molecule has 0 bridgehead atoms. The van der Waals surface area contributed by atoms with E-state index in [-0.39, 0.29) is 11.9 Å². The van der Waals surface area contributed by atoms with Crippen LogP contribution in [0.1, 0.15) is 34.8 Å². The van der Waals surface area contributed by atoms with Crippen molar-refractivity contribution in [2.24, 2.45) is 5.92 Å². The van der Waals surface area contributed by atoms with Crippen LogP contribution in [0.25, 0.3) is 0 Å². The van der Waals surface area contributed by atoms with Gasteiger partial charge in [0, 0.05) is 25.6 Å². The van der Waals surface area contributed by atoms with Crippen molar-refractivity contribution in [3.05, 3.63) is 54.2 Å². The number of ether oxygens (including phenoxy) is 1. The Morgan fingerprint density at radius 1 is 1.33 bits per heavy atom. The first-order valence-electron chi connectivity index (χ1n) is 7.15. The Morgan fingerprint density at radius 2 is 2.19 bits per heavy atom. The molecule has 1 atom stereocenters. The third-order valence-electron chi connectivity index (χ3n) is 3.85. The van der Waals surface area contributed by atoms with Gasteiger partial charge >= 0.3 is 0 Å². The molecule has 0 radical (unpaired) electrons. The van der Waals surface area contributed by atoms with Crippen LogP contribution in [0, 0.1) is 5.92 Å². The van der Waals surface area contributed by atoms with Crippen LogP contribution in [-0.4, -0.2) is 24.1 Å². The van der Waals surface area contributed by atoms with E-state index in [9.17, 15) is 4.79 Å². The molecule has 110 valence electrons. The molecule has 0 aromatic carbocycles. The molecule has 2 aromatic rings. The van der Waals surface area contributed by atoms with Gasteiger partial charge in [-0.3, -0.25) is 9.78 Å².